The summed E-state index contributed by atoms with van der Waals surface area (Å²) in [4.78, 5) is 11.4. The molecule has 0 fully saturated rings. The fourth-order valence-corrected chi connectivity index (χ4v) is 1.46. The first kappa shape index (κ1) is 16.0. The van der Waals surface area contributed by atoms with Crippen molar-refractivity contribution in [1.29, 1.82) is 0 Å². The standard InChI is InChI=1S/C15H22N2O3/c1-11(12-6-8-13(19-5)9-7-12)10-16-17-14(18)20-15(2,3)4/h6-9,16H,1,10H2,2-5H3,(H,17,18). The number of nitrogens with one attached hydrogen (secondary N) is 2. The highest BCUT2D eigenvalue weighted by Gasteiger charge is 2.15. The molecule has 5 nitrogen and oxygen atoms in total. The molecular weight excluding hydrogens is 256 g/mol. The van der Waals surface area contributed by atoms with Crippen molar-refractivity contribution in [2.24, 2.45) is 0 Å². The van der Waals surface area contributed by atoms with Gasteiger partial charge in [0, 0.05) is 6.54 Å². The Morgan fingerprint density at radius 1 is 1.25 bits per heavy atom. The molecule has 1 aromatic rings. The molecule has 0 aliphatic rings. The van der Waals surface area contributed by atoms with Gasteiger partial charge in [-0.05, 0) is 44.0 Å². The fraction of sp³-hybridized carbons (Fsp3) is 0.400. The molecule has 0 aliphatic heterocycles. The van der Waals surface area contributed by atoms with E-state index in [1.807, 2.05) is 45.0 Å². The SMILES string of the molecule is C=C(CNNC(=O)OC(C)(C)C)c1ccc(OC)cc1. The summed E-state index contributed by atoms with van der Waals surface area (Å²) in [6.07, 6.45) is -0.514. The second kappa shape index (κ2) is 6.96. The van der Waals surface area contributed by atoms with Crippen molar-refractivity contribution in [1.82, 2.24) is 10.9 Å². The number of hydrogen-bond donors (Lipinski definition) is 2. The van der Waals surface area contributed by atoms with E-state index in [1.54, 1.807) is 7.11 Å². The number of benzene rings is 1. The molecule has 0 atom stereocenters. The van der Waals surface area contributed by atoms with Crippen LogP contribution in [0.4, 0.5) is 4.79 Å². The summed E-state index contributed by atoms with van der Waals surface area (Å²) in [6, 6.07) is 7.55. The number of hydrazine groups is 1. The Hall–Kier alpha value is -2.01. The minimum absolute atomic E-state index is 0.422. The van der Waals surface area contributed by atoms with Gasteiger partial charge in [-0.15, -0.1) is 0 Å². The lowest BCUT2D eigenvalue weighted by Crippen LogP contribution is -2.41. The van der Waals surface area contributed by atoms with Crippen LogP contribution in [0.15, 0.2) is 30.8 Å². The third kappa shape index (κ3) is 5.75. The lowest BCUT2D eigenvalue weighted by atomic mass is 10.1. The Kier molecular flexibility index (Phi) is 5.58. The topological polar surface area (TPSA) is 59.6 Å². The average Bonchev–Trinajstić information content (AvgIpc) is 2.36. The van der Waals surface area contributed by atoms with Crippen LogP contribution in [0.3, 0.4) is 0 Å². The van der Waals surface area contributed by atoms with Crippen molar-refractivity contribution in [2.75, 3.05) is 13.7 Å². The van der Waals surface area contributed by atoms with Crippen molar-refractivity contribution in [3.05, 3.63) is 36.4 Å². The van der Waals surface area contributed by atoms with E-state index in [0.29, 0.717) is 6.54 Å². The smallest absolute Gasteiger partial charge is 0.422 e. The number of hydrogen-bond acceptors (Lipinski definition) is 4. The molecule has 0 heterocycles. The summed E-state index contributed by atoms with van der Waals surface area (Å²) in [6.45, 7) is 9.80. The minimum atomic E-state index is -0.515. The van der Waals surface area contributed by atoms with Crippen LogP contribution in [-0.2, 0) is 4.74 Å². The van der Waals surface area contributed by atoms with Crippen molar-refractivity contribution in [2.45, 2.75) is 26.4 Å². The van der Waals surface area contributed by atoms with Crippen LogP contribution in [0.25, 0.3) is 5.57 Å². The van der Waals surface area contributed by atoms with Gasteiger partial charge in [0.15, 0.2) is 0 Å². The average molecular weight is 278 g/mol. The number of rotatable bonds is 5. The molecule has 5 heteroatoms. The summed E-state index contributed by atoms with van der Waals surface area (Å²) < 4.78 is 10.2. The zero-order valence-electron chi connectivity index (χ0n) is 12.4. The molecule has 1 rings (SSSR count). The van der Waals surface area contributed by atoms with Gasteiger partial charge in [-0.25, -0.2) is 10.2 Å². The van der Waals surface area contributed by atoms with Crippen LogP contribution in [0.2, 0.25) is 0 Å². The highest BCUT2D eigenvalue weighted by Crippen LogP contribution is 2.16. The summed E-state index contributed by atoms with van der Waals surface area (Å²) in [5.74, 6) is 0.793. The largest absolute Gasteiger partial charge is 0.497 e. The van der Waals surface area contributed by atoms with Crippen LogP contribution in [-0.4, -0.2) is 25.3 Å². The van der Waals surface area contributed by atoms with Crippen LogP contribution >= 0.6 is 0 Å². The maximum absolute atomic E-state index is 11.4. The molecule has 0 unspecified atom stereocenters. The molecule has 1 amide bonds. The molecule has 110 valence electrons. The maximum atomic E-state index is 11.4. The van der Waals surface area contributed by atoms with Crippen molar-refractivity contribution in [3.8, 4) is 5.75 Å². The van der Waals surface area contributed by atoms with E-state index in [0.717, 1.165) is 16.9 Å². The zero-order valence-corrected chi connectivity index (χ0v) is 12.4. The van der Waals surface area contributed by atoms with Gasteiger partial charge in [-0.2, -0.15) is 0 Å². The summed E-state index contributed by atoms with van der Waals surface area (Å²) in [7, 11) is 1.62. The van der Waals surface area contributed by atoms with E-state index in [-0.39, 0.29) is 0 Å². The van der Waals surface area contributed by atoms with Crippen molar-refractivity contribution in [3.63, 3.8) is 0 Å². The van der Waals surface area contributed by atoms with Crippen LogP contribution in [0.1, 0.15) is 26.3 Å². The van der Waals surface area contributed by atoms with E-state index in [9.17, 15) is 4.79 Å². The van der Waals surface area contributed by atoms with Gasteiger partial charge in [-0.1, -0.05) is 18.7 Å². The van der Waals surface area contributed by atoms with Crippen molar-refractivity contribution < 1.29 is 14.3 Å². The Labute approximate surface area is 119 Å². The second-order valence-corrected chi connectivity index (χ2v) is 5.31. The molecule has 0 aromatic heterocycles. The Balaban J connectivity index is 2.38. The third-order valence-corrected chi connectivity index (χ3v) is 2.39. The lowest BCUT2D eigenvalue weighted by molar-refractivity contribution is 0.0502. The number of amides is 1. The highest BCUT2D eigenvalue weighted by molar-refractivity contribution is 5.68. The van der Waals surface area contributed by atoms with E-state index < -0.39 is 11.7 Å². The predicted molar refractivity (Wildman–Crippen MR) is 79.4 cm³/mol. The van der Waals surface area contributed by atoms with E-state index >= 15 is 0 Å². The minimum Gasteiger partial charge on any atom is -0.497 e. The van der Waals surface area contributed by atoms with Crippen LogP contribution in [0, 0.1) is 0 Å². The van der Waals surface area contributed by atoms with E-state index in [4.69, 9.17) is 9.47 Å². The zero-order chi connectivity index (χ0) is 15.2. The number of methoxy groups -OCH3 is 1. The molecule has 0 saturated heterocycles. The lowest BCUT2D eigenvalue weighted by Gasteiger charge is -2.20. The van der Waals surface area contributed by atoms with Gasteiger partial charge in [0.2, 0.25) is 0 Å². The molecule has 20 heavy (non-hydrogen) atoms. The van der Waals surface area contributed by atoms with Crippen molar-refractivity contribution >= 4 is 11.7 Å². The molecule has 0 spiro atoms. The molecule has 1 aromatic carbocycles. The van der Waals surface area contributed by atoms with Gasteiger partial charge < -0.3 is 9.47 Å². The molecule has 0 bridgehead atoms. The van der Waals surface area contributed by atoms with Gasteiger partial charge in [0.05, 0.1) is 7.11 Å². The predicted octanol–water partition coefficient (Wildman–Crippen LogP) is 2.74. The first-order valence-electron chi connectivity index (χ1n) is 6.36. The van der Waals surface area contributed by atoms with Crippen LogP contribution in [0.5, 0.6) is 5.75 Å². The number of ether oxygens (including phenoxy) is 2. The van der Waals surface area contributed by atoms with Gasteiger partial charge in [0.1, 0.15) is 11.4 Å². The van der Waals surface area contributed by atoms with E-state index in [1.165, 1.54) is 0 Å². The third-order valence-electron chi connectivity index (χ3n) is 2.39. The number of carbonyl (C=O) groups excluding carboxylic acids is 1. The molecule has 0 aliphatic carbocycles. The summed E-state index contributed by atoms with van der Waals surface area (Å²) in [5, 5.41) is 0. The van der Waals surface area contributed by atoms with Gasteiger partial charge >= 0.3 is 6.09 Å². The maximum Gasteiger partial charge on any atom is 0.422 e. The molecule has 0 radical (unpaired) electrons. The normalized spacial score (nSPS) is 10.8. The quantitative estimate of drug-likeness (QED) is 0.813. The first-order chi connectivity index (χ1) is 9.31. The number of carbonyl (C=O) groups is 1. The highest BCUT2D eigenvalue weighted by atomic mass is 16.6. The van der Waals surface area contributed by atoms with Crippen LogP contribution < -0.4 is 15.6 Å². The Morgan fingerprint density at radius 2 is 1.85 bits per heavy atom. The van der Waals surface area contributed by atoms with Gasteiger partial charge in [0.25, 0.3) is 0 Å². The van der Waals surface area contributed by atoms with Gasteiger partial charge in [-0.3, -0.25) is 5.43 Å². The summed E-state index contributed by atoms with van der Waals surface area (Å²) in [5.41, 5.74) is 6.56. The summed E-state index contributed by atoms with van der Waals surface area (Å²) >= 11 is 0. The molecular formula is C15H22N2O3. The molecule has 0 saturated carbocycles. The monoisotopic (exact) mass is 278 g/mol. The molecule has 2 N–H and O–H groups in total. The Morgan fingerprint density at radius 3 is 2.35 bits per heavy atom. The second-order valence-electron chi connectivity index (χ2n) is 5.31. The van der Waals surface area contributed by atoms with E-state index in [2.05, 4.69) is 17.4 Å². The Bertz CT molecular complexity index is 461. The fourth-order valence-electron chi connectivity index (χ4n) is 1.46. The first-order valence-corrected chi connectivity index (χ1v) is 6.36.